The molecule has 2 fully saturated rings. The molecular weight excluding hydrogens is 309 g/mol. The number of piperidine rings is 1. The van der Waals surface area contributed by atoms with Gasteiger partial charge in [0.2, 0.25) is 5.91 Å². The van der Waals surface area contributed by atoms with Crippen molar-refractivity contribution in [2.24, 2.45) is 11.8 Å². The molecule has 2 aliphatic rings. The molecule has 0 N–H and O–H groups in total. The lowest BCUT2D eigenvalue weighted by Crippen LogP contribution is -2.44. The van der Waals surface area contributed by atoms with Crippen molar-refractivity contribution in [3.05, 3.63) is 33.8 Å². The molecule has 3 nitrogen and oxygen atoms in total. The van der Waals surface area contributed by atoms with Crippen molar-refractivity contribution < 1.29 is 9.59 Å². The molecule has 3 atom stereocenters. The summed E-state index contributed by atoms with van der Waals surface area (Å²) in [5.41, 5.74) is 1.03. The van der Waals surface area contributed by atoms with Crippen LogP contribution in [0.5, 0.6) is 0 Å². The fraction of sp³-hybridized carbons (Fsp3) is 0.500. The molecule has 112 valence electrons. The summed E-state index contributed by atoms with van der Waals surface area (Å²) in [5.74, 6) is 0.602. The Balaban J connectivity index is 1.67. The summed E-state index contributed by atoms with van der Waals surface area (Å²) in [6.45, 7) is 3.00. The van der Waals surface area contributed by atoms with Gasteiger partial charge < -0.3 is 4.90 Å². The van der Waals surface area contributed by atoms with E-state index in [-0.39, 0.29) is 29.4 Å². The van der Waals surface area contributed by atoms with Crippen LogP contribution < -0.4 is 0 Å². The van der Waals surface area contributed by atoms with Gasteiger partial charge in [0.25, 0.3) is 0 Å². The number of nitrogens with zero attached hydrogens (tertiary/aromatic N) is 1. The van der Waals surface area contributed by atoms with Gasteiger partial charge in [0.15, 0.2) is 0 Å². The molecule has 1 aliphatic heterocycles. The van der Waals surface area contributed by atoms with Crippen molar-refractivity contribution in [2.75, 3.05) is 13.1 Å². The van der Waals surface area contributed by atoms with Gasteiger partial charge in [-0.15, -0.1) is 0 Å². The predicted octanol–water partition coefficient (Wildman–Crippen LogP) is 3.53. The molecule has 21 heavy (non-hydrogen) atoms. The summed E-state index contributed by atoms with van der Waals surface area (Å²) < 4.78 is 0. The number of halogens is 2. The van der Waals surface area contributed by atoms with E-state index in [9.17, 15) is 9.59 Å². The van der Waals surface area contributed by atoms with Gasteiger partial charge in [-0.2, -0.15) is 0 Å². The number of Topliss-reactive ketones (excluding diaryl/α,β-unsaturated/α-hetero) is 1. The maximum absolute atomic E-state index is 12.5. The van der Waals surface area contributed by atoms with Crippen LogP contribution in [0.25, 0.3) is 0 Å². The van der Waals surface area contributed by atoms with Crippen LogP contribution in [0, 0.1) is 11.8 Å². The first-order chi connectivity index (χ1) is 9.95. The van der Waals surface area contributed by atoms with E-state index in [4.69, 9.17) is 23.2 Å². The van der Waals surface area contributed by atoms with Gasteiger partial charge in [-0.25, -0.2) is 0 Å². The van der Waals surface area contributed by atoms with Crippen LogP contribution in [0.4, 0.5) is 0 Å². The fourth-order valence-corrected chi connectivity index (χ4v) is 3.62. The third-order valence-corrected chi connectivity index (χ3v) is 4.84. The number of ketones is 1. The van der Waals surface area contributed by atoms with Crippen molar-refractivity contribution in [1.82, 2.24) is 4.90 Å². The topological polar surface area (TPSA) is 37.4 Å². The smallest absolute Gasteiger partial charge is 0.226 e. The Morgan fingerprint density at radius 2 is 1.90 bits per heavy atom. The number of amides is 1. The molecule has 1 saturated heterocycles. The molecule has 1 amide bonds. The average Bonchev–Trinajstić information content (AvgIpc) is 3.20. The number of benzene rings is 1. The first kappa shape index (κ1) is 14.9. The molecule has 0 bridgehead atoms. The van der Waals surface area contributed by atoms with Crippen LogP contribution in [0.1, 0.15) is 31.2 Å². The van der Waals surface area contributed by atoms with Gasteiger partial charge in [-0.3, -0.25) is 9.59 Å². The summed E-state index contributed by atoms with van der Waals surface area (Å²) in [7, 11) is 0. The summed E-state index contributed by atoms with van der Waals surface area (Å²) in [6.07, 6.45) is 1.32. The van der Waals surface area contributed by atoms with E-state index in [1.807, 2.05) is 24.0 Å². The lowest BCUT2D eigenvalue weighted by atomic mass is 9.98. The van der Waals surface area contributed by atoms with Gasteiger partial charge >= 0.3 is 0 Å². The van der Waals surface area contributed by atoms with Crippen LogP contribution in [-0.4, -0.2) is 29.7 Å². The molecule has 1 heterocycles. The third-order valence-electron chi connectivity index (χ3n) is 4.40. The highest BCUT2D eigenvalue weighted by Crippen LogP contribution is 2.49. The van der Waals surface area contributed by atoms with Gasteiger partial charge in [0, 0.05) is 41.4 Å². The second kappa shape index (κ2) is 5.62. The molecule has 0 aromatic heterocycles. The zero-order chi connectivity index (χ0) is 15.1. The van der Waals surface area contributed by atoms with E-state index in [1.165, 1.54) is 0 Å². The fourth-order valence-electron chi connectivity index (χ4n) is 3.08. The minimum atomic E-state index is -0.0412. The van der Waals surface area contributed by atoms with Crippen LogP contribution in [-0.2, 0) is 9.59 Å². The highest BCUT2D eigenvalue weighted by atomic mass is 35.5. The monoisotopic (exact) mass is 325 g/mol. The summed E-state index contributed by atoms with van der Waals surface area (Å²) in [4.78, 5) is 25.9. The standard InChI is InChI=1S/C16H17Cl2NO2/c1-9-8-19(3-2-15(9)20)16(21)14-7-13(14)10-4-11(17)6-12(18)5-10/h4-6,9,13-14H,2-3,7-8H2,1H3. The first-order valence-corrected chi connectivity index (χ1v) is 7.99. The first-order valence-electron chi connectivity index (χ1n) is 7.23. The Hall–Kier alpha value is -1.06. The Kier molecular flexibility index (Phi) is 3.98. The van der Waals surface area contributed by atoms with Crippen molar-refractivity contribution in [1.29, 1.82) is 0 Å². The molecule has 1 aromatic rings. The van der Waals surface area contributed by atoms with E-state index < -0.39 is 0 Å². The van der Waals surface area contributed by atoms with Crippen molar-refractivity contribution in [2.45, 2.75) is 25.7 Å². The largest absolute Gasteiger partial charge is 0.341 e. The quantitative estimate of drug-likeness (QED) is 0.834. The molecule has 1 aliphatic carbocycles. The maximum atomic E-state index is 12.5. The van der Waals surface area contributed by atoms with Crippen molar-refractivity contribution >= 4 is 34.9 Å². The zero-order valence-corrected chi connectivity index (χ0v) is 13.3. The highest BCUT2D eigenvalue weighted by Gasteiger charge is 2.46. The van der Waals surface area contributed by atoms with Crippen LogP contribution in [0.2, 0.25) is 10.0 Å². The predicted molar refractivity (Wildman–Crippen MR) is 82.7 cm³/mol. The molecule has 3 unspecified atom stereocenters. The van der Waals surface area contributed by atoms with Gasteiger partial charge in [-0.05, 0) is 36.1 Å². The second-order valence-electron chi connectivity index (χ2n) is 6.05. The molecule has 0 radical (unpaired) electrons. The normalized spacial score (nSPS) is 28.6. The second-order valence-corrected chi connectivity index (χ2v) is 6.93. The summed E-state index contributed by atoms with van der Waals surface area (Å²) in [6, 6.07) is 5.46. The Labute approximate surface area is 134 Å². The summed E-state index contributed by atoms with van der Waals surface area (Å²) in [5, 5.41) is 1.21. The number of carbonyl (C=O) groups is 2. The van der Waals surface area contributed by atoms with E-state index >= 15 is 0 Å². The molecule has 1 aromatic carbocycles. The Morgan fingerprint density at radius 3 is 2.52 bits per heavy atom. The zero-order valence-electron chi connectivity index (χ0n) is 11.8. The van der Waals surface area contributed by atoms with E-state index in [1.54, 1.807) is 6.07 Å². The highest BCUT2D eigenvalue weighted by molar-refractivity contribution is 6.34. The lowest BCUT2D eigenvalue weighted by Gasteiger charge is -2.30. The van der Waals surface area contributed by atoms with E-state index in [0.717, 1.165) is 12.0 Å². The van der Waals surface area contributed by atoms with Crippen molar-refractivity contribution in [3.8, 4) is 0 Å². The Morgan fingerprint density at radius 1 is 1.24 bits per heavy atom. The summed E-state index contributed by atoms with van der Waals surface area (Å²) >= 11 is 12.0. The lowest BCUT2D eigenvalue weighted by molar-refractivity contribution is -0.138. The van der Waals surface area contributed by atoms with Gasteiger partial charge in [-0.1, -0.05) is 30.1 Å². The average molecular weight is 326 g/mol. The molecule has 3 rings (SSSR count). The maximum Gasteiger partial charge on any atom is 0.226 e. The molecule has 5 heteroatoms. The Bertz CT molecular complexity index is 582. The van der Waals surface area contributed by atoms with E-state index in [0.29, 0.717) is 29.6 Å². The number of rotatable bonds is 2. The third kappa shape index (κ3) is 3.09. The molecular formula is C16H17Cl2NO2. The number of carbonyl (C=O) groups excluding carboxylic acids is 2. The van der Waals surface area contributed by atoms with Crippen molar-refractivity contribution in [3.63, 3.8) is 0 Å². The van der Waals surface area contributed by atoms with Crippen LogP contribution >= 0.6 is 23.2 Å². The number of likely N-dealkylation sites (tertiary alicyclic amines) is 1. The molecule has 1 saturated carbocycles. The minimum Gasteiger partial charge on any atom is -0.341 e. The van der Waals surface area contributed by atoms with E-state index in [2.05, 4.69) is 0 Å². The van der Waals surface area contributed by atoms with Crippen LogP contribution in [0.15, 0.2) is 18.2 Å². The number of hydrogen-bond acceptors (Lipinski definition) is 2. The molecule has 0 spiro atoms. The minimum absolute atomic E-state index is 0.0138. The SMILES string of the molecule is CC1CN(C(=O)C2CC2c2cc(Cl)cc(Cl)c2)CCC1=O. The number of hydrogen-bond donors (Lipinski definition) is 0. The van der Waals surface area contributed by atoms with Gasteiger partial charge in [0.05, 0.1) is 0 Å². The van der Waals surface area contributed by atoms with Gasteiger partial charge in [0.1, 0.15) is 5.78 Å². The van der Waals surface area contributed by atoms with Crippen LogP contribution in [0.3, 0.4) is 0 Å².